The first-order valence-corrected chi connectivity index (χ1v) is 8.40. The molecule has 0 fully saturated rings. The highest BCUT2D eigenvalue weighted by molar-refractivity contribution is 5.95. The number of hydrogen-bond donors (Lipinski definition) is 2. The minimum absolute atomic E-state index is 0.0394. The van der Waals surface area contributed by atoms with Gasteiger partial charge in [0.15, 0.2) is 0 Å². The van der Waals surface area contributed by atoms with Crippen LogP contribution in [0.25, 0.3) is 0 Å². The minimum atomic E-state index is -4.83. The summed E-state index contributed by atoms with van der Waals surface area (Å²) >= 11 is 0. The highest BCUT2D eigenvalue weighted by atomic mass is 19.4. The number of carbonyl (C=O) groups is 2. The van der Waals surface area contributed by atoms with Gasteiger partial charge >= 0.3 is 12.3 Å². The Morgan fingerprint density at radius 2 is 1.86 bits per heavy atom. The average Bonchev–Trinajstić information content (AvgIpc) is 2.95. The normalized spacial score (nSPS) is 12.7. The molecule has 28 heavy (non-hydrogen) atoms. The Morgan fingerprint density at radius 1 is 1.25 bits per heavy atom. The predicted molar refractivity (Wildman–Crippen MR) is 92.9 cm³/mol. The van der Waals surface area contributed by atoms with E-state index in [0.29, 0.717) is 16.8 Å². The van der Waals surface area contributed by atoms with E-state index >= 15 is 0 Å². The van der Waals surface area contributed by atoms with Gasteiger partial charge in [0.05, 0.1) is 24.2 Å². The van der Waals surface area contributed by atoms with Gasteiger partial charge in [-0.3, -0.25) is 14.3 Å². The lowest BCUT2D eigenvalue weighted by molar-refractivity contribution is -0.274. The maximum absolute atomic E-state index is 12.6. The van der Waals surface area contributed by atoms with Crippen LogP contribution in [0.5, 0.6) is 5.75 Å². The van der Waals surface area contributed by atoms with Crippen molar-refractivity contribution in [1.29, 1.82) is 0 Å². The molecule has 0 bridgehead atoms. The summed E-state index contributed by atoms with van der Waals surface area (Å²) in [6.45, 7) is 5.52. The molecule has 7 nitrogen and oxygen atoms in total. The number of carboxylic acids is 1. The van der Waals surface area contributed by atoms with Crippen LogP contribution in [-0.4, -0.2) is 33.1 Å². The number of carboxylic acid groups (broad SMARTS) is 1. The summed E-state index contributed by atoms with van der Waals surface area (Å²) in [5.41, 5.74) is 1.25. The first-order chi connectivity index (χ1) is 13.0. The first-order valence-electron chi connectivity index (χ1n) is 8.40. The van der Waals surface area contributed by atoms with Gasteiger partial charge in [0, 0.05) is 11.7 Å². The molecule has 2 rings (SSSR count). The molecular weight excluding hydrogens is 379 g/mol. The van der Waals surface area contributed by atoms with Crippen molar-refractivity contribution in [3.8, 4) is 5.75 Å². The Morgan fingerprint density at radius 3 is 2.32 bits per heavy atom. The second kappa shape index (κ2) is 8.32. The second-order valence-corrected chi connectivity index (χ2v) is 6.42. The molecule has 0 spiro atoms. The molecule has 1 aromatic carbocycles. The number of aliphatic carboxylic acids is 1. The van der Waals surface area contributed by atoms with Gasteiger partial charge in [-0.2, -0.15) is 5.10 Å². The number of ether oxygens (including phenoxy) is 1. The monoisotopic (exact) mass is 399 g/mol. The fourth-order valence-electron chi connectivity index (χ4n) is 2.73. The molecule has 2 N–H and O–H groups in total. The van der Waals surface area contributed by atoms with Crippen LogP contribution in [0.4, 0.5) is 13.2 Å². The maximum Gasteiger partial charge on any atom is 0.573 e. The van der Waals surface area contributed by atoms with Gasteiger partial charge in [0.2, 0.25) is 0 Å². The van der Waals surface area contributed by atoms with Crippen molar-refractivity contribution in [1.82, 2.24) is 15.1 Å². The van der Waals surface area contributed by atoms with Gasteiger partial charge < -0.3 is 15.2 Å². The molecule has 0 saturated heterocycles. The number of nitrogens with one attached hydrogen (secondary N) is 1. The molecule has 1 unspecified atom stereocenters. The number of hydrogen-bond acceptors (Lipinski definition) is 4. The number of aromatic nitrogens is 2. The van der Waals surface area contributed by atoms with Gasteiger partial charge in [-0.05, 0) is 38.5 Å². The van der Waals surface area contributed by atoms with Gasteiger partial charge in [-0.15, -0.1) is 13.2 Å². The van der Waals surface area contributed by atoms with Gasteiger partial charge in [-0.25, -0.2) is 0 Å². The van der Waals surface area contributed by atoms with Crippen LogP contribution >= 0.6 is 0 Å². The highest BCUT2D eigenvalue weighted by Crippen LogP contribution is 2.26. The van der Waals surface area contributed by atoms with E-state index in [2.05, 4.69) is 15.2 Å². The topological polar surface area (TPSA) is 93.5 Å². The highest BCUT2D eigenvalue weighted by Gasteiger charge is 2.31. The zero-order valence-electron chi connectivity index (χ0n) is 15.4. The molecule has 0 saturated carbocycles. The predicted octanol–water partition coefficient (Wildman–Crippen LogP) is 3.62. The van der Waals surface area contributed by atoms with E-state index in [0.717, 1.165) is 12.1 Å². The van der Waals surface area contributed by atoms with Crippen LogP contribution in [0.1, 0.15) is 54.0 Å². The third kappa shape index (κ3) is 5.48. The smallest absolute Gasteiger partial charge is 0.481 e. The van der Waals surface area contributed by atoms with E-state index in [9.17, 15) is 22.8 Å². The van der Waals surface area contributed by atoms with Crippen molar-refractivity contribution < 1.29 is 32.6 Å². The Hall–Kier alpha value is -3.04. The summed E-state index contributed by atoms with van der Waals surface area (Å²) in [5.74, 6) is -2.13. The zero-order valence-corrected chi connectivity index (χ0v) is 15.4. The largest absolute Gasteiger partial charge is 0.573 e. The number of alkyl halides is 3. The Balaban J connectivity index is 2.22. The quantitative estimate of drug-likeness (QED) is 0.742. The second-order valence-electron chi connectivity index (χ2n) is 6.42. The van der Waals surface area contributed by atoms with E-state index in [1.165, 1.54) is 18.3 Å². The molecule has 1 heterocycles. The molecule has 1 atom stereocenters. The summed E-state index contributed by atoms with van der Waals surface area (Å²) in [6, 6.07) is 3.78. The third-order valence-electron chi connectivity index (χ3n) is 3.98. The van der Waals surface area contributed by atoms with Crippen molar-refractivity contribution in [3.63, 3.8) is 0 Å². The van der Waals surface area contributed by atoms with Crippen LogP contribution in [0, 0.1) is 6.92 Å². The first kappa shape index (κ1) is 21.3. The lowest BCUT2D eigenvalue weighted by atomic mass is 10.0. The van der Waals surface area contributed by atoms with Crippen LogP contribution in [0.3, 0.4) is 0 Å². The Bertz CT molecular complexity index is 845. The van der Waals surface area contributed by atoms with Gasteiger partial charge in [-0.1, -0.05) is 12.1 Å². The number of rotatable bonds is 7. The van der Waals surface area contributed by atoms with Crippen LogP contribution in [0.2, 0.25) is 0 Å². The summed E-state index contributed by atoms with van der Waals surface area (Å²) < 4.78 is 42.2. The third-order valence-corrected chi connectivity index (χ3v) is 3.98. The fourth-order valence-corrected chi connectivity index (χ4v) is 2.73. The summed E-state index contributed by atoms with van der Waals surface area (Å²) in [6.07, 6.45) is -3.88. The minimum Gasteiger partial charge on any atom is -0.481 e. The molecule has 0 aliphatic carbocycles. The summed E-state index contributed by atoms with van der Waals surface area (Å²) in [4.78, 5) is 23.8. The number of carbonyl (C=O) groups excluding carboxylic acids is 1. The summed E-state index contributed by atoms with van der Waals surface area (Å²) in [7, 11) is 0. The van der Waals surface area contributed by atoms with Crippen LogP contribution in [-0.2, 0) is 4.79 Å². The van der Waals surface area contributed by atoms with E-state index in [-0.39, 0.29) is 6.04 Å². The van der Waals surface area contributed by atoms with Crippen molar-refractivity contribution in [3.05, 3.63) is 47.3 Å². The Labute approximate surface area is 159 Å². The molecule has 10 heteroatoms. The number of amides is 1. The van der Waals surface area contributed by atoms with E-state index in [1.807, 2.05) is 13.8 Å². The fraction of sp³-hybridized carbons (Fsp3) is 0.389. The molecule has 1 aromatic heterocycles. The average molecular weight is 399 g/mol. The van der Waals surface area contributed by atoms with Crippen LogP contribution < -0.4 is 10.1 Å². The molecule has 0 radical (unpaired) electrons. The van der Waals surface area contributed by atoms with Crippen molar-refractivity contribution >= 4 is 11.9 Å². The van der Waals surface area contributed by atoms with E-state index in [4.69, 9.17) is 5.11 Å². The molecule has 0 aliphatic heterocycles. The number of benzene rings is 1. The molecule has 1 amide bonds. The SMILES string of the molecule is Cc1c(C(=O)NC(CC(=O)O)c2ccc(OC(F)(F)F)cc2)cnn1C(C)C. The van der Waals surface area contributed by atoms with Crippen molar-refractivity contribution in [2.75, 3.05) is 0 Å². The number of nitrogens with zero attached hydrogens (tertiary/aromatic N) is 2. The standard InChI is InChI=1S/C18H20F3N3O4/c1-10(2)24-11(3)14(9-22-24)17(27)23-15(8-16(25)26)12-4-6-13(7-5-12)28-18(19,20)21/h4-7,9-10,15H,8H2,1-3H3,(H,23,27)(H,25,26). The zero-order chi connectivity index (χ0) is 21.1. The lowest BCUT2D eigenvalue weighted by Gasteiger charge is -2.18. The summed E-state index contributed by atoms with van der Waals surface area (Å²) in [5, 5.41) is 15.9. The number of halogens is 3. The lowest BCUT2D eigenvalue weighted by Crippen LogP contribution is -2.30. The van der Waals surface area contributed by atoms with Crippen molar-refractivity contribution in [2.24, 2.45) is 0 Å². The molecule has 152 valence electrons. The van der Waals surface area contributed by atoms with E-state index < -0.39 is 36.5 Å². The van der Waals surface area contributed by atoms with Crippen LogP contribution in [0.15, 0.2) is 30.5 Å². The van der Waals surface area contributed by atoms with Gasteiger partial charge in [0.25, 0.3) is 5.91 Å². The van der Waals surface area contributed by atoms with Gasteiger partial charge in [0.1, 0.15) is 5.75 Å². The molecule has 0 aliphatic rings. The molecule has 2 aromatic rings. The Kier molecular flexibility index (Phi) is 6.32. The molecular formula is C18H20F3N3O4. The van der Waals surface area contributed by atoms with Crippen molar-refractivity contribution in [2.45, 2.75) is 45.6 Å². The maximum atomic E-state index is 12.6. The van der Waals surface area contributed by atoms with E-state index in [1.54, 1.807) is 11.6 Å².